The predicted molar refractivity (Wildman–Crippen MR) is 77.9 cm³/mol. The van der Waals surface area contributed by atoms with Gasteiger partial charge >= 0.3 is 0 Å². The van der Waals surface area contributed by atoms with Gasteiger partial charge in [-0.15, -0.1) is 0 Å². The van der Waals surface area contributed by atoms with Gasteiger partial charge < -0.3 is 9.84 Å². The molecule has 0 spiro atoms. The van der Waals surface area contributed by atoms with Crippen LogP contribution in [0.1, 0.15) is 5.69 Å². The number of halogens is 1. The molecule has 0 saturated heterocycles. The van der Waals surface area contributed by atoms with E-state index in [0.29, 0.717) is 22.4 Å². The predicted octanol–water partition coefficient (Wildman–Crippen LogP) is 3.26. The smallest absolute Gasteiger partial charge is 0.263 e. The lowest BCUT2D eigenvalue weighted by atomic mass is 10.2. The Morgan fingerprint density at radius 3 is 2.90 bits per heavy atom. The minimum atomic E-state index is 0.421. The number of pyridine rings is 1. The summed E-state index contributed by atoms with van der Waals surface area (Å²) >= 11 is 7.16. The van der Waals surface area contributed by atoms with Gasteiger partial charge in [0.2, 0.25) is 5.82 Å². The molecule has 0 atom stereocenters. The van der Waals surface area contributed by atoms with Crippen molar-refractivity contribution in [3.05, 3.63) is 29.0 Å². The molecule has 0 radical (unpaired) electrons. The normalized spacial score (nSPS) is 10.8. The Bertz CT molecular complexity index is 737. The summed E-state index contributed by atoms with van der Waals surface area (Å²) < 4.78 is 9.59. The van der Waals surface area contributed by atoms with Gasteiger partial charge in [-0.05, 0) is 30.6 Å². The number of hydrogen-bond donors (Lipinski definition) is 1. The van der Waals surface area contributed by atoms with Crippen molar-refractivity contribution in [2.24, 2.45) is 0 Å². The van der Waals surface area contributed by atoms with Crippen LogP contribution in [0.4, 0.5) is 5.00 Å². The first-order chi connectivity index (χ1) is 9.69. The number of nitrogens with zero attached hydrogens (tertiary/aromatic N) is 4. The van der Waals surface area contributed by atoms with Gasteiger partial charge in [0, 0.05) is 13.2 Å². The number of hydrogen-bond acceptors (Lipinski definition) is 7. The molecule has 0 amide bonds. The summed E-state index contributed by atoms with van der Waals surface area (Å²) in [6.07, 6.45) is 1.54. The van der Waals surface area contributed by atoms with Crippen LogP contribution in [-0.2, 0) is 0 Å². The topological polar surface area (TPSA) is 76.7 Å². The van der Waals surface area contributed by atoms with E-state index >= 15 is 0 Å². The third kappa shape index (κ3) is 2.25. The average molecular weight is 308 g/mol. The molecule has 3 heterocycles. The number of aromatic nitrogens is 4. The number of anilines is 1. The van der Waals surface area contributed by atoms with Crippen molar-refractivity contribution in [1.29, 1.82) is 0 Å². The van der Waals surface area contributed by atoms with Crippen molar-refractivity contribution in [2.75, 3.05) is 12.4 Å². The summed E-state index contributed by atoms with van der Waals surface area (Å²) in [6, 6.07) is 3.48. The largest absolute Gasteiger partial charge is 0.378 e. The van der Waals surface area contributed by atoms with E-state index < -0.39 is 0 Å². The van der Waals surface area contributed by atoms with Crippen LogP contribution >= 0.6 is 23.1 Å². The van der Waals surface area contributed by atoms with E-state index in [-0.39, 0.29) is 0 Å². The van der Waals surface area contributed by atoms with E-state index in [1.807, 2.05) is 14.0 Å². The highest BCUT2D eigenvalue weighted by atomic mass is 35.5. The molecule has 0 aromatic carbocycles. The zero-order chi connectivity index (χ0) is 14.1. The quantitative estimate of drug-likeness (QED) is 0.800. The van der Waals surface area contributed by atoms with Crippen LogP contribution in [0.15, 0.2) is 22.9 Å². The molecule has 3 aromatic rings. The average Bonchev–Trinajstić information content (AvgIpc) is 3.05. The van der Waals surface area contributed by atoms with Crippen LogP contribution in [0, 0.1) is 6.92 Å². The van der Waals surface area contributed by atoms with Gasteiger partial charge in [0.15, 0.2) is 0 Å². The summed E-state index contributed by atoms with van der Waals surface area (Å²) in [4.78, 5) is 8.53. The molecule has 0 fully saturated rings. The molecule has 3 aromatic heterocycles. The highest BCUT2D eigenvalue weighted by Gasteiger charge is 2.19. The second-order valence-corrected chi connectivity index (χ2v) is 5.22. The maximum Gasteiger partial charge on any atom is 0.263 e. The van der Waals surface area contributed by atoms with Gasteiger partial charge in [0.05, 0.1) is 16.3 Å². The molecule has 0 unspecified atom stereocenters. The Kier molecular flexibility index (Phi) is 3.37. The third-order valence-electron chi connectivity index (χ3n) is 2.69. The molecule has 20 heavy (non-hydrogen) atoms. The van der Waals surface area contributed by atoms with Crippen LogP contribution in [0.3, 0.4) is 0 Å². The van der Waals surface area contributed by atoms with E-state index in [1.165, 1.54) is 11.5 Å². The van der Waals surface area contributed by atoms with Gasteiger partial charge in [-0.1, -0.05) is 16.8 Å². The lowest BCUT2D eigenvalue weighted by molar-refractivity contribution is 0.432. The van der Waals surface area contributed by atoms with Gasteiger partial charge in [-0.25, -0.2) is 0 Å². The Morgan fingerprint density at radius 1 is 1.35 bits per heavy atom. The van der Waals surface area contributed by atoms with Gasteiger partial charge in [0.25, 0.3) is 5.89 Å². The summed E-state index contributed by atoms with van der Waals surface area (Å²) in [5, 5.41) is 8.47. The minimum absolute atomic E-state index is 0.421. The first-order valence-electron chi connectivity index (χ1n) is 5.79. The maximum atomic E-state index is 5.80. The Morgan fingerprint density at radius 2 is 2.20 bits per heavy atom. The van der Waals surface area contributed by atoms with Crippen molar-refractivity contribution >= 4 is 28.1 Å². The van der Waals surface area contributed by atoms with Crippen LogP contribution in [0.25, 0.3) is 23.0 Å². The lowest BCUT2D eigenvalue weighted by Crippen LogP contribution is -1.89. The molecule has 8 heteroatoms. The highest BCUT2D eigenvalue weighted by Crippen LogP contribution is 2.34. The molecule has 102 valence electrons. The van der Waals surface area contributed by atoms with Crippen LogP contribution in [0.5, 0.6) is 0 Å². The summed E-state index contributed by atoms with van der Waals surface area (Å²) in [5.41, 5.74) is 2.28. The summed E-state index contributed by atoms with van der Waals surface area (Å²) in [7, 11) is 1.83. The standard InChI is InChI=1S/C12H10ClN5OS/c1-6-9(12(14-2)20-18-6)11-16-10(17-19-11)8-4-3-7(13)5-15-8/h3-5,14H,1-2H3. The maximum absolute atomic E-state index is 5.80. The SMILES string of the molecule is CNc1snc(C)c1-c1nc(-c2ccc(Cl)cn2)no1. The zero-order valence-corrected chi connectivity index (χ0v) is 12.3. The van der Waals surface area contributed by atoms with E-state index in [9.17, 15) is 0 Å². The molecule has 0 aliphatic heterocycles. The zero-order valence-electron chi connectivity index (χ0n) is 10.7. The van der Waals surface area contributed by atoms with Crippen molar-refractivity contribution < 1.29 is 4.52 Å². The van der Waals surface area contributed by atoms with Crippen LogP contribution in [0.2, 0.25) is 5.02 Å². The molecule has 1 N–H and O–H groups in total. The van der Waals surface area contributed by atoms with Gasteiger partial charge in [-0.3, -0.25) is 4.98 Å². The summed E-state index contributed by atoms with van der Waals surface area (Å²) in [6.45, 7) is 1.90. The van der Waals surface area contributed by atoms with Crippen molar-refractivity contribution in [2.45, 2.75) is 6.92 Å². The monoisotopic (exact) mass is 307 g/mol. The first-order valence-corrected chi connectivity index (χ1v) is 6.94. The van der Waals surface area contributed by atoms with Crippen LogP contribution < -0.4 is 5.32 Å². The Labute approximate surface area is 124 Å². The van der Waals surface area contributed by atoms with E-state index in [1.54, 1.807) is 18.3 Å². The van der Waals surface area contributed by atoms with E-state index in [2.05, 4.69) is 24.8 Å². The van der Waals surface area contributed by atoms with E-state index in [0.717, 1.165) is 16.3 Å². The van der Waals surface area contributed by atoms with E-state index in [4.69, 9.17) is 16.1 Å². The second kappa shape index (κ2) is 5.18. The highest BCUT2D eigenvalue weighted by molar-refractivity contribution is 7.10. The fraction of sp³-hybridized carbons (Fsp3) is 0.167. The van der Waals surface area contributed by atoms with Gasteiger partial charge in [0.1, 0.15) is 10.7 Å². The molecular weight excluding hydrogens is 298 g/mol. The Hall–Kier alpha value is -1.99. The lowest BCUT2D eigenvalue weighted by Gasteiger charge is -1.96. The van der Waals surface area contributed by atoms with Crippen LogP contribution in [-0.4, -0.2) is 26.5 Å². The fourth-order valence-electron chi connectivity index (χ4n) is 1.73. The number of nitrogens with one attached hydrogen (secondary N) is 1. The fourth-order valence-corrected chi connectivity index (χ4v) is 2.58. The molecule has 3 rings (SSSR count). The molecular formula is C12H10ClN5OS. The number of rotatable bonds is 3. The molecule has 0 aliphatic rings. The first kappa shape index (κ1) is 13.0. The van der Waals surface area contributed by atoms with Crippen molar-refractivity contribution in [3.63, 3.8) is 0 Å². The van der Waals surface area contributed by atoms with Crippen molar-refractivity contribution in [1.82, 2.24) is 19.5 Å². The Balaban J connectivity index is 2.02. The third-order valence-corrected chi connectivity index (χ3v) is 3.87. The summed E-state index contributed by atoms with van der Waals surface area (Å²) in [5.74, 6) is 0.844. The molecule has 6 nitrogen and oxygen atoms in total. The molecule has 0 saturated carbocycles. The van der Waals surface area contributed by atoms with Gasteiger partial charge in [-0.2, -0.15) is 9.36 Å². The van der Waals surface area contributed by atoms with Crippen molar-refractivity contribution in [3.8, 4) is 23.0 Å². The second-order valence-electron chi connectivity index (χ2n) is 4.01. The number of aryl methyl sites for hydroxylation is 1. The molecule has 0 bridgehead atoms. The minimum Gasteiger partial charge on any atom is -0.378 e. The molecule has 0 aliphatic carbocycles.